The Labute approximate surface area is 104 Å². The van der Waals surface area contributed by atoms with Crippen LogP contribution in [0, 0.1) is 0 Å². The molecule has 2 N–H and O–H groups in total. The number of hydrogen-bond acceptors (Lipinski definition) is 2. The van der Waals surface area contributed by atoms with Gasteiger partial charge in [0.2, 0.25) is 5.91 Å². The minimum atomic E-state index is 0.105. The Balaban J connectivity index is 2.38. The highest BCUT2D eigenvalue weighted by Gasteiger charge is 2.01. The van der Waals surface area contributed by atoms with Crippen molar-refractivity contribution in [1.29, 1.82) is 0 Å². The third kappa shape index (κ3) is 4.89. The number of nitrogens with one attached hydrogen (secondary N) is 2. The van der Waals surface area contributed by atoms with Crippen LogP contribution in [0.2, 0.25) is 0 Å². The molecule has 0 heterocycles. The highest BCUT2D eigenvalue weighted by molar-refractivity contribution is 5.75. The smallest absolute Gasteiger partial charge is 0.219 e. The van der Waals surface area contributed by atoms with Crippen molar-refractivity contribution in [3.63, 3.8) is 0 Å². The van der Waals surface area contributed by atoms with Crippen LogP contribution in [-0.4, -0.2) is 19.5 Å². The van der Waals surface area contributed by atoms with Crippen LogP contribution < -0.4 is 10.6 Å². The lowest BCUT2D eigenvalue weighted by Crippen LogP contribution is -2.18. The number of para-hydroxylation sites is 1. The Morgan fingerprint density at radius 1 is 1.29 bits per heavy atom. The van der Waals surface area contributed by atoms with E-state index in [1.54, 1.807) is 7.05 Å². The molecule has 1 aromatic rings. The molecule has 1 amide bonds. The summed E-state index contributed by atoms with van der Waals surface area (Å²) in [5.41, 5.74) is 2.56. The van der Waals surface area contributed by atoms with Crippen LogP contribution >= 0.6 is 0 Å². The first-order chi connectivity index (χ1) is 8.27. The fourth-order valence-electron chi connectivity index (χ4n) is 1.78. The Kier molecular flexibility index (Phi) is 6.15. The lowest BCUT2D eigenvalue weighted by Gasteiger charge is -2.11. The molecule has 0 bridgehead atoms. The maximum Gasteiger partial charge on any atom is 0.219 e. The number of amides is 1. The SMILES string of the molecule is CCCc1ccccc1NCCCC(=O)NC. The van der Waals surface area contributed by atoms with Crippen LogP contribution in [0.25, 0.3) is 0 Å². The molecular weight excluding hydrogens is 212 g/mol. The molecule has 3 nitrogen and oxygen atoms in total. The zero-order chi connectivity index (χ0) is 12.5. The average molecular weight is 234 g/mol. The van der Waals surface area contributed by atoms with Crippen molar-refractivity contribution in [2.75, 3.05) is 18.9 Å². The predicted molar refractivity (Wildman–Crippen MR) is 72.2 cm³/mol. The molecule has 0 fully saturated rings. The van der Waals surface area contributed by atoms with Crippen molar-refractivity contribution in [3.8, 4) is 0 Å². The monoisotopic (exact) mass is 234 g/mol. The van der Waals surface area contributed by atoms with E-state index in [2.05, 4.69) is 35.8 Å². The van der Waals surface area contributed by atoms with Crippen molar-refractivity contribution in [3.05, 3.63) is 29.8 Å². The Morgan fingerprint density at radius 3 is 2.76 bits per heavy atom. The predicted octanol–water partition coefficient (Wildman–Crippen LogP) is 2.58. The van der Waals surface area contributed by atoms with Gasteiger partial charge < -0.3 is 10.6 Å². The van der Waals surface area contributed by atoms with Crippen molar-refractivity contribution in [1.82, 2.24) is 5.32 Å². The molecule has 0 aliphatic carbocycles. The van der Waals surface area contributed by atoms with E-state index in [-0.39, 0.29) is 5.91 Å². The van der Waals surface area contributed by atoms with E-state index in [0.717, 1.165) is 25.8 Å². The van der Waals surface area contributed by atoms with Crippen LogP contribution in [-0.2, 0) is 11.2 Å². The molecule has 0 atom stereocenters. The molecule has 0 saturated carbocycles. The minimum Gasteiger partial charge on any atom is -0.385 e. The van der Waals surface area contributed by atoms with Gasteiger partial charge in [-0.1, -0.05) is 31.5 Å². The quantitative estimate of drug-likeness (QED) is 0.712. The molecule has 0 radical (unpaired) electrons. The molecule has 1 rings (SSSR count). The van der Waals surface area contributed by atoms with Gasteiger partial charge in [-0.05, 0) is 24.5 Å². The van der Waals surface area contributed by atoms with Crippen molar-refractivity contribution < 1.29 is 4.79 Å². The van der Waals surface area contributed by atoms with Gasteiger partial charge in [-0.2, -0.15) is 0 Å². The molecule has 0 unspecified atom stereocenters. The summed E-state index contributed by atoms with van der Waals surface area (Å²) in [5, 5.41) is 6.03. The second-order valence-corrected chi connectivity index (χ2v) is 4.11. The molecule has 94 valence electrons. The maximum atomic E-state index is 11.1. The summed E-state index contributed by atoms with van der Waals surface area (Å²) >= 11 is 0. The van der Waals surface area contributed by atoms with E-state index in [0.29, 0.717) is 6.42 Å². The van der Waals surface area contributed by atoms with E-state index in [4.69, 9.17) is 0 Å². The second kappa shape index (κ2) is 7.71. The van der Waals surface area contributed by atoms with Crippen molar-refractivity contribution >= 4 is 11.6 Å². The number of benzene rings is 1. The molecule has 1 aromatic carbocycles. The van der Waals surface area contributed by atoms with Crippen LogP contribution in [0.3, 0.4) is 0 Å². The normalized spacial score (nSPS) is 10.0. The molecule has 0 saturated heterocycles. The van der Waals surface area contributed by atoms with E-state index in [9.17, 15) is 4.79 Å². The number of carbonyl (C=O) groups is 1. The van der Waals surface area contributed by atoms with Gasteiger partial charge >= 0.3 is 0 Å². The highest BCUT2D eigenvalue weighted by Crippen LogP contribution is 2.16. The zero-order valence-electron chi connectivity index (χ0n) is 10.8. The highest BCUT2D eigenvalue weighted by atomic mass is 16.1. The summed E-state index contributed by atoms with van der Waals surface area (Å²) in [7, 11) is 1.67. The molecule has 0 aromatic heterocycles. The van der Waals surface area contributed by atoms with Crippen molar-refractivity contribution in [2.45, 2.75) is 32.6 Å². The lowest BCUT2D eigenvalue weighted by atomic mass is 10.1. The number of carbonyl (C=O) groups excluding carboxylic acids is 1. The molecule has 0 aliphatic rings. The zero-order valence-corrected chi connectivity index (χ0v) is 10.8. The van der Waals surface area contributed by atoms with Gasteiger partial charge in [0.1, 0.15) is 0 Å². The summed E-state index contributed by atoms with van der Waals surface area (Å²) in [6.45, 7) is 3.02. The van der Waals surface area contributed by atoms with E-state index < -0.39 is 0 Å². The number of hydrogen-bond donors (Lipinski definition) is 2. The van der Waals surface area contributed by atoms with Crippen LogP contribution in [0.1, 0.15) is 31.7 Å². The summed E-state index contributed by atoms with van der Waals surface area (Å²) < 4.78 is 0. The van der Waals surface area contributed by atoms with E-state index >= 15 is 0 Å². The second-order valence-electron chi connectivity index (χ2n) is 4.11. The molecule has 0 spiro atoms. The molecule has 17 heavy (non-hydrogen) atoms. The first kappa shape index (κ1) is 13.6. The summed E-state index contributed by atoms with van der Waals surface area (Å²) in [6.07, 6.45) is 3.69. The number of rotatable bonds is 7. The Hall–Kier alpha value is -1.51. The van der Waals surface area contributed by atoms with Crippen LogP contribution in [0.5, 0.6) is 0 Å². The van der Waals surface area contributed by atoms with E-state index in [1.807, 2.05) is 6.07 Å². The minimum absolute atomic E-state index is 0.105. The van der Waals surface area contributed by atoms with Crippen LogP contribution in [0.4, 0.5) is 5.69 Å². The van der Waals surface area contributed by atoms with Crippen LogP contribution in [0.15, 0.2) is 24.3 Å². The largest absolute Gasteiger partial charge is 0.385 e. The first-order valence-corrected chi connectivity index (χ1v) is 6.30. The average Bonchev–Trinajstić information content (AvgIpc) is 2.36. The van der Waals surface area contributed by atoms with Gasteiger partial charge in [0, 0.05) is 25.7 Å². The third-order valence-electron chi connectivity index (χ3n) is 2.71. The molecular formula is C14H22N2O. The fourth-order valence-corrected chi connectivity index (χ4v) is 1.78. The topological polar surface area (TPSA) is 41.1 Å². The van der Waals surface area contributed by atoms with Gasteiger partial charge in [0.15, 0.2) is 0 Å². The summed E-state index contributed by atoms with van der Waals surface area (Å²) in [5.74, 6) is 0.105. The van der Waals surface area contributed by atoms with Crippen molar-refractivity contribution in [2.24, 2.45) is 0 Å². The lowest BCUT2D eigenvalue weighted by molar-refractivity contribution is -0.120. The van der Waals surface area contributed by atoms with E-state index in [1.165, 1.54) is 11.3 Å². The Bertz CT molecular complexity index is 350. The van der Waals surface area contributed by atoms with Gasteiger partial charge in [0.05, 0.1) is 0 Å². The fraction of sp³-hybridized carbons (Fsp3) is 0.500. The van der Waals surface area contributed by atoms with Gasteiger partial charge in [-0.15, -0.1) is 0 Å². The summed E-state index contributed by atoms with van der Waals surface area (Å²) in [4.78, 5) is 11.1. The standard InChI is InChI=1S/C14H22N2O/c1-3-7-12-8-4-5-9-13(12)16-11-6-10-14(17)15-2/h4-5,8-9,16H,3,6-7,10-11H2,1-2H3,(H,15,17). The Morgan fingerprint density at radius 2 is 2.06 bits per heavy atom. The molecule has 0 aliphatic heterocycles. The maximum absolute atomic E-state index is 11.1. The number of aryl methyl sites for hydroxylation is 1. The summed E-state index contributed by atoms with van der Waals surface area (Å²) in [6, 6.07) is 8.37. The number of anilines is 1. The third-order valence-corrected chi connectivity index (χ3v) is 2.71. The van der Waals surface area contributed by atoms with Gasteiger partial charge in [0.25, 0.3) is 0 Å². The van der Waals surface area contributed by atoms with Gasteiger partial charge in [-0.3, -0.25) is 4.79 Å². The van der Waals surface area contributed by atoms with Gasteiger partial charge in [-0.25, -0.2) is 0 Å². The first-order valence-electron chi connectivity index (χ1n) is 6.30. The molecule has 3 heteroatoms.